The van der Waals surface area contributed by atoms with Crippen LogP contribution in [0.15, 0.2) is 30.3 Å². The lowest BCUT2D eigenvalue weighted by atomic mass is 9.96. The summed E-state index contributed by atoms with van der Waals surface area (Å²) in [5.74, 6) is -0.323. The number of aliphatic carboxylic acids is 1. The summed E-state index contributed by atoms with van der Waals surface area (Å²) in [5, 5.41) is 8.54. The molecular weight excluding hydrogens is 228 g/mol. The summed E-state index contributed by atoms with van der Waals surface area (Å²) in [6.07, 6.45) is 3.33. The first-order chi connectivity index (χ1) is 8.72. The van der Waals surface area contributed by atoms with Crippen LogP contribution in [0, 0.1) is 5.92 Å². The van der Waals surface area contributed by atoms with Crippen LogP contribution in [0.2, 0.25) is 0 Å². The van der Waals surface area contributed by atoms with Gasteiger partial charge in [0.25, 0.3) is 0 Å². The smallest absolute Gasteiger partial charge is 0.305 e. The number of carbonyl (C=O) groups is 1. The van der Waals surface area contributed by atoms with Gasteiger partial charge in [0.1, 0.15) is 0 Å². The van der Waals surface area contributed by atoms with Crippen molar-refractivity contribution in [2.45, 2.75) is 32.6 Å². The van der Waals surface area contributed by atoms with Crippen LogP contribution in [0.25, 0.3) is 0 Å². The van der Waals surface area contributed by atoms with Gasteiger partial charge in [0, 0.05) is 6.61 Å². The second-order valence-electron chi connectivity index (χ2n) is 4.56. The third-order valence-electron chi connectivity index (χ3n) is 2.88. The molecule has 1 rings (SSSR count). The maximum absolute atomic E-state index is 10.4. The summed E-state index contributed by atoms with van der Waals surface area (Å²) in [6.45, 7) is 3.12. The van der Waals surface area contributed by atoms with Gasteiger partial charge in [-0.2, -0.15) is 0 Å². The molecule has 0 amide bonds. The van der Waals surface area contributed by atoms with Gasteiger partial charge >= 0.3 is 5.97 Å². The second-order valence-corrected chi connectivity index (χ2v) is 4.56. The van der Waals surface area contributed by atoms with Gasteiger partial charge in [-0.05, 0) is 24.3 Å². The van der Waals surface area contributed by atoms with Crippen molar-refractivity contribution in [2.75, 3.05) is 13.2 Å². The highest BCUT2D eigenvalue weighted by Gasteiger charge is 2.09. The van der Waals surface area contributed by atoms with Crippen molar-refractivity contribution in [3.8, 4) is 0 Å². The summed E-state index contributed by atoms with van der Waals surface area (Å²) in [4.78, 5) is 10.4. The maximum Gasteiger partial charge on any atom is 0.305 e. The SMILES string of the molecule is CCCC(COCCC(=O)O)Cc1ccccc1. The molecule has 18 heavy (non-hydrogen) atoms. The molecule has 0 aliphatic carbocycles. The summed E-state index contributed by atoms with van der Waals surface area (Å²) < 4.78 is 5.45. The van der Waals surface area contributed by atoms with Crippen molar-refractivity contribution in [1.82, 2.24) is 0 Å². The van der Waals surface area contributed by atoms with Gasteiger partial charge in [-0.3, -0.25) is 4.79 Å². The molecule has 1 aromatic rings. The molecule has 0 aliphatic rings. The Hall–Kier alpha value is -1.35. The molecule has 0 aliphatic heterocycles. The highest BCUT2D eigenvalue weighted by molar-refractivity contribution is 5.66. The molecule has 0 saturated carbocycles. The lowest BCUT2D eigenvalue weighted by Gasteiger charge is -2.16. The standard InChI is InChI=1S/C15H22O3/c1-2-6-14(12-18-10-9-15(16)17)11-13-7-4-3-5-8-13/h3-5,7-8,14H,2,6,9-12H2,1H3,(H,16,17). The van der Waals surface area contributed by atoms with Crippen LogP contribution in [0.5, 0.6) is 0 Å². The van der Waals surface area contributed by atoms with E-state index in [9.17, 15) is 4.79 Å². The van der Waals surface area contributed by atoms with Crippen LogP contribution in [0.4, 0.5) is 0 Å². The fraction of sp³-hybridized carbons (Fsp3) is 0.533. The van der Waals surface area contributed by atoms with E-state index in [1.807, 2.05) is 18.2 Å². The minimum Gasteiger partial charge on any atom is -0.481 e. The van der Waals surface area contributed by atoms with Crippen LogP contribution >= 0.6 is 0 Å². The van der Waals surface area contributed by atoms with Crippen LogP contribution < -0.4 is 0 Å². The molecule has 1 unspecified atom stereocenters. The Balaban J connectivity index is 2.33. The molecule has 0 heterocycles. The number of hydrogen-bond donors (Lipinski definition) is 1. The Labute approximate surface area is 109 Å². The number of carboxylic acid groups (broad SMARTS) is 1. The molecule has 0 fully saturated rings. The average Bonchev–Trinajstić information content (AvgIpc) is 2.36. The van der Waals surface area contributed by atoms with E-state index in [-0.39, 0.29) is 6.42 Å². The van der Waals surface area contributed by atoms with E-state index in [1.54, 1.807) is 0 Å². The molecule has 100 valence electrons. The van der Waals surface area contributed by atoms with Crippen molar-refractivity contribution in [3.63, 3.8) is 0 Å². The van der Waals surface area contributed by atoms with E-state index < -0.39 is 5.97 Å². The molecule has 0 radical (unpaired) electrons. The second kappa shape index (κ2) is 8.70. The normalized spacial score (nSPS) is 12.3. The molecule has 3 nitrogen and oxygen atoms in total. The van der Waals surface area contributed by atoms with E-state index in [1.165, 1.54) is 5.56 Å². The zero-order chi connectivity index (χ0) is 13.2. The third kappa shape index (κ3) is 6.40. The fourth-order valence-corrected chi connectivity index (χ4v) is 2.01. The molecule has 1 N–H and O–H groups in total. The number of ether oxygens (including phenoxy) is 1. The highest BCUT2D eigenvalue weighted by Crippen LogP contribution is 2.14. The number of carboxylic acids is 1. The first-order valence-electron chi connectivity index (χ1n) is 6.55. The molecule has 0 aromatic heterocycles. The van der Waals surface area contributed by atoms with Crippen LogP contribution in [-0.2, 0) is 16.0 Å². The fourth-order valence-electron chi connectivity index (χ4n) is 2.01. The monoisotopic (exact) mass is 250 g/mol. The first kappa shape index (κ1) is 14.7. The molecule has 3 heteroatoms. The zero-order valence-corrected chi connectivity index (χ0v) is 11.0. The Kier molecular flexibility index (Phi) is 7.11. The lowest BCUT2D eigenvalue weighted by molar-refractivity contribution is -0.138. The van der Waals surface area contributed by atoms with Gasteiger partial charge in [-0.1, -0.05) is 43.7 Å². The van der Waals surface area contributed by atoms with E-state index >= 15 is 0 Å². The lowest BCUT2D eigenvalue weighted by Crippen LogP contribution is -2.14. The minimum absolute atomic E-state index is 0.0875. The van der Waals surface area contributed by atoms with Crippen LogP contribution in [-0.4, -0.2) is 24.3 Å². The van der Waals surface area contributed by atoms with Gasteiger partial charge in [-0.25, -0.2) is 0 Å². The molecule has 0 saturated heterocycles. The van der Waals surface area contributed by atoms with E-state index in [0.29, 0.717) is 19.1 Å². The largest absolute Gasteiger partial charge is 0.481 e. The van der Waals surface area contributed by atoms with Gasteiger partial charge < -0.3 is 9.84 Å². The molecule has 0 bridgehead atoms. The van der Waals surface area contributed by atoms with E-state index in [2.05, 4.69) is 19.1 Å². The van der Waals surface area contributed by atoms with Crippen molar-refractivity contribution >= 4 is 5.97 Å². The van der Waals surface area contributed by atoms with Crippen molar-refractivity contribution in [1.29, 1.82) is 0 Å². The van der Waals surface area contributed by atoms with Gasteiger partial charge in [0.15, 0.2) is 0 Å². The summed E-state index contributed by atoms with van der Waals surface area (Å²) in [6, 6.07) is 10.4. The first-order valence-corrected chi connectivity index (χ1v) is 6.55. The summed E-state index contributed by atoms with van der Waals surface area (Å²) in [7, 11) is 0. The van der Waals surface area contributed by atoms with Crippen LogP contribution in [0.3, 0.4) is 0 Å². The van der Waals surface area contributed by atoms with E-state index in [0.717, 1.165) is 19.3 Å². The van der Waals surface area contributed by atoms with Crippen LogP contribution in [0.1, 0.15) is 31.7 Å². The predicted octanol–water partition coefficient (Wildman–Crippen LogP) is 3.14. The average molecular weight is 250 g/mol. The Morgan fingerprint density at radius 3 is 2.67 bits per heavy atom. The number of hydrogen-bond acceptors (Lipinski definition) is 2. The number of benzene rings is 1. The maximum atomic E-state index is 10.4. The van der Waals surface area contributed by atoms with E-state index in [4.69, 9.17) is 9.84 Å². The highest BCUT2D eigenvalue weighted by atomic mass is 16.5. The molecule has 1 atom stereocenters. The van der Waals surface area contributed by atoms with Gasteiger partial charge in [0.05, 0.1) is 13.0 Å². The summed E-state index contributed by atoms with van der Waals surface area (Å²) in [5.41, 5.74) is 1.32. The third-order valence-corrected chi connectivity index (χ3v) is 2.88. The quantitative estimate of drug-likeness (QED) is 0.685. The molecule has 0 spiro atoms. The Morgan fingerprint density at radius 1 is 1.33 bits per heavy atom. The summed E-state index contributed by atoms with van der Waals surface area (Å²) >= 11 is 0. The molecule has 1 aromatic carbocycles. The van der Waals surface area contributed by atoms with Crippen molar-refractivity contribution in [3.05, 3.63) is 35.9 Å². The predicted molar refractivity (Wildman–Crippen MR) is 71.6 cm³/mol. The van der Waals surface area contributed by atoms with Gasteiger partial charge in [-0.15, -0.1) is 0 Å². The van der Waals surface area contributed by atoms with Crippen molar-refractivity contribution < 1.29 is 14.6 Å². The Morgan fingerprint density at radius 2 is 2.06 bits per heavy atom. The minimum atomic E-state index is -0.801. The topological polar surface area (TPSA) is 46.5 Å². The number of rotatable bonds is 9. The van der Waals surface area contributed by atoms with Crippen molar-refractivity contribution in [2.24, 2.45) is 5.92 Å². The van der Waals surface area contributed by atoms with Gasteiger partial charge in [0.2, 0.25) is 0 Å². The molecular formula is C15H22O3. The zero-order valence-electron chi connectivity index (χ0n) is 11.0. The Bertz CT molecular complexity index is 335.